The molecule has 0 aliphatic carbocycles. The second-order valence-electron chi connectivity index (χ2n) is 3.46. The van der Waals surface area contributed by atoms with Gasteiger partial charge in [0.25, 0.3) is 0 Å². The van der Waals surface area contributed by atoms with E-state index in [9.17, 15) is 5.11 Å². The van der Waals surface area contributed by atoms with Crippen molar-refractivity contribution in [2.75, 3.05) is 0 Å². The quantitative estimate of drug-likeness (QED) is 0.646. The topological polar surface area (TPSA) is 61.8 Å². The van der Waals surface area contributed by atoms with Crippen molar-refractivity contribution in [1.82, 2.24) is 15.2 Å². The zero-order valence-corrected chi connectivity index (χ0v) is 8.31. The van der Waals surface area contributed by atoms with Crippen molar-refractivity contribution in [3.63, 3.8) is 0 Å². The molecule has 77 valence electrons. The number of aromatic amines is 1. The maximum Gasteiger partial charge on any atom is 0.160 e. The summed E-state index contributed by atoms with van der Waals surface area (Å²) < 4.78 is 0. The molecule has 2 heterocycles. The van der Waals surface area contributed by atoms with Crippen LogP contribution in [-0.4, -0.2) is 20.3 Å². The highest BCUT2D eigenvalue weighted by molar-refractivity contribution is 5.80. The van der Waals surface area contributed by atoms with E-state index in [0.29, 0.717) is 16.9 Å². The minimum atomic E-state index is 0.204. The van der Waals surface area contributed by atoms with Crippen LogP contribution >= 0.6 is 0 Å². The van der Waals surface area contributed by atoms with Crippen LogP contribution in [0.2, 0.25) is 0 Å². The van der Waals surface area contributed by atoms with E-state index in [-0.39, 0.29) is 5.75 Å². The minimum Gasteiger partial charge on any atom is -0.507 e. The van der Waals surface area contributed by atoms with Crippen molar-refractivity contribution in [3.8, 4) is 17.0 Å². The lowest BCUT2D eigenvalue weighted by molar-refractivity contribution is 0.477. The molecule has 4 heteroatoms. The van der Waals surface area contributed by atoms with Gasteiger partial charge in [-0.15, -0.1) is 10.2 Å². The Bertz CT molecular complexity index is 645. The third kappa shape index (κ3) is 1.32. The molecule has 0 amide bonds. The molecule has 0 saturated heterocycles. The number of nitrogens with one attached hydrogen (secondary N) is 1. The first kappa shape index (κ1) is 8.91. The average Bonchev–Trinajstić information content (AvgIpc) is 2.76. The van der Waals surface area contributed by atoms with Crippen molar-refractivity contribution in [2.24, 2.45) is 0 Å². The Hall–Kier alpha value is -2.36. The minimum absolute atomic E-state index is 0.204. The van der Waals surface area contributed by atoms with Crippen molar-refractivity contribution < 1.29 is 5.11 Å². The van der Waals surface area contributed by atoms with Crippen LogP contribution in [-0.2, 0) is 0 Å². The fourth-order valence-electron chi connectivity index (χ4n) is 1.62. The molecule has 0 atom stereocenters. The van der Waals surface area contributed by atoms with Gasteiger partial charge in [-0.2, -0.15) is 0 Å². The molecule has 0 aliphatic rings. The molecule has 3 aromatic rings. The smallest absolute Gasteiger partial charge is 0.160 e. The predicted octanol–water partition coefficient (Wildman–Crippen LogP) is 2.13. The predicted molar refractivity (Wildman–Crippen MR) is 59.8 cm³/mol. The number of hydrogen-bond acceptors (Lipinski definition) is 3. The van der Waals surface area contributed by atoms with Crippen LogP contribution in [0.5, 0.6) is 5.75 Å². The van der Waals surface area contributed by atoms with Gasteiger partial charge < -0.3 is 10.1 Å². The number of H-pyrrole nitrogens is 1. The number of rotatable bonds is 1. The van der Waals surface area contributed by atoms with E-state index in [0.717, 1.165) is 5.39 Å². The zero-order chi connectivity index (χ0) is 11.0. The molecule has 3 rings (SSSR count). The molecule has 4 nitrogen and oxygen atoms in total. The maximum atomic E-state index is 9.70. The summed E-state index contributed by atoms with van der Waals surface area (Å²) in [6.45, 7) is 0. The summed E-state index contributed by atoms with van der Waals surface area (Å²) in [5.41, 5.74) is 2.02. The summed E-state index contributed by atoms with van der Waals surface area (Å²) in [6, 6.07) is 10.7. The van der Waals surface area contributed by atoms with Crippen LogP contribution in [0, 0.1) is 6.20 Å². The fourth-order valence-corrected chi connectivity index (χ4v) is 1.62. The summed E-state index contributed by atoms with van der Waals surface area (Å²) in [5, 5.41) is 18.7. The lowest BCUT2D eigenvalue weighted by atomic mass is 10.1. The van der Waals surface area contributed by atoms with Gasteiger partial charge in [-0.05, 0) is 24.3 Å². The number of phenolic OH excluding ortho intramolecular Hbond substituents is 1. The van der Waals surface area contributed by atoms with Gasteiger partial charge in [-0.3, -0.25) is 0 Å². The van der Waals surface area contributed by atoms with Crippen molar-refractivity contribution in [2.45, 2.75) is 0 Å². The molecule has 0 bridgehead atoms. The number of nitrogens with zero attached hydrogens (tertiary/aromatic N) is 2. The Morgan fingerprint density at radius 3 is 2.94 bits per heavy atom. The lowest BCUT2D eigenvalue weighted by Gasteiger charge is -2.02. The summed E-state index contributed by atoms with van der Waals surface area (Å²) in [6.07, 6.45) is 2.84. The first-order valence-corrected chi connectivity index (χ1v) is 4.85. The standard InChI is InChI=1S/C12H8N3O/c16-11-4-2-1-3-9(11)10-7-8-5-6-13-12(8)15-14-10/h1-5,7,16H,(H,13,15). The first-order chi connectivity index (χ1) is 7.84. The second kappa shape index (κ2) is 3.34. The van der Waals surface area contributed by atoms with E-state index in [1.54, 1.807) is 18.2 Å². The number of aromatic nitrogens is 3. The van der Waals surface area contributed by atoms with Crippen LogP contribution in [0.1, 0.15) is 0 Å². The number of aromatic hydroxyl groups is 1. The Labute approximate surface area is 91.6 Å². The molecule has 1 aromatic carbocycles. The highest BCUT2D eigenvalue weighted by atomic mass is 16.3. The molecule has 0 fully saturated rings. The Balaban J connectivity index is 2.22. The molecule has 2 N–H and O–H groups in total. The average molecular weight is 210 g/mol. The normalized spacial score (nSPS) is 10.8. The van der Waals surface area contributed by atoms with E-state index >= 15 is 0 Å². The molecule has 2 aromatic heterocycles. The number of para-hydroxylation sites is 1. The van der Waals surface area contributed by atoms with Gasteiger partial charge in [0.1, 0.15) is 5.75 Å². The van der Waals surface area contributed by atoms with Crippen LogP contribution in [0.3, 0.4) is 0 Å². The summed E-state index contributed by atoms with van der Waals surface area (Å²) >= 11 is 0. The molecule has 0 aliphatic heterocycles. The molecule has 0 unspecified atom stereocenters. The zero-order valence-electron chi connectivity index (χ0n) is 8.31. The summed E-state index contributed by atoms with van der Waals surface area (Å²) in [5.74, 6) is 0.204. The summed E-state index contributed by atoms with van der Waals surface area (Å²) in [4.78, 5) is 2.85. The van der Waals surface area contributed by atoms with E-state index in [4.69, 9.17) is 0 Å². The first-order valence-electron chi connectivity index (χ1n) is 4.85. The number of benzene rings is 1. The number of fused-ring (bicyclic) bond motifs is 1. The highest BCUT2D eigenvalue weighted by Crippen LogP contribution is 2.27. The van der Waals surface area contributed by atoms with Gasteiger partial charge in [0.2, 0.25) is 0 Å². The second-order valence-corrected chi connectivity index (χ2v) is 3.46. The van der Waals surface area contributed by atoms with Crippen LogP contribution in [0.25, 0.3) is 22.3 Å². The molecule has 1 radical (unpaired) electrons. The van der Waals surface area contributed by atoms with Crippen molar-refractivity contribution in [3.05, 3.63) is 42.6 Å². The Morgan fingerprint density at radius 2 is 2.06 bits per heavy atom. The van der Waals surface area contributed by atoms with E-state index in [1.165, 1.54) is 0 Å². The SMILES string of the molecule is Oc1ccccc1-c1cc2c[c][nH]c2nn1. The number of hydrogen-bond donors (Lipinski definition) is 2. The van der Waals surface area contributed by atoms with Gasteiger partial charge in [0.05, 0.1) is 11.9 Å². The largest absolute Gasteiger partial charge is 0.507 e. The Kier molecular flexibility index (Phi) is 1.86. The third-order valence-corrected chi connectivity index (χ3v) is 2.42. The monoisotopic (exact) mass is 210 g/mol. The Morgan fingerprint density at radius 1 is 1.19 bits per heavy atom. The van der Waals surface area contributed by atoms with Gasteiger partial charge >= 0.3 is 0 Å². The molecule has 0 saturated carbocycles. The highest BCUT2D eigenvalue weighted by Gasteiger charge is 2.06. The van der Waals surface area contributed by atoms with Gasteiger partial charge in [-0.25, -0.2) is 0 Å². The van der Waals surface area contributed by atoms with Crippen LogP contribution in [0.4, 0.5) is 0 Å². The molecule has 16 heavy (non-hydrogen) atoms. The van der Waals surface area contributed by atoms with Crippen LogP contribution in [0.15, 0.2) is 36.4 Å². The maximum absolute atomic E-state index is 9.70. The van der Waals surface area contributed by atoms with Gasteiger partial charge in [0, 0.05) is 10.9 Å². The lowest BCUT2D eigenvalue weighted by Crippen LogP contribution is -1.88. The van der Waals surface area contributed by atoms with E-state index in [2.05, 4.69) is 21.4 Å². The van der Waals surface area contributed by atoms with Crippen molar-refractivity contribution >= 4 is 11.0 Å². The fraction of sp³-hybridized carbons (Fsp3) is 0. The van der Waals surface area contributed by atoms with E-state index in [1.807, 2.05) is 18.2 Å². The summed E-state index contributed by atoms with van der Waals surface area (Å²) in [7, 11) is 0. The molecular weight excluding hydrogens is 202 g/mol. The van der Waals surface area contributed by atoms with E-state index < -0.39 is 0 Å². The van der Waals surface area contributed by atoms with Crippen molar-refractivity contribution in [1.29, 1.82) is 0 Å². The van der Waals surface area contributed by atoms with Gasteiger partial charge in [-0.1, -0.05) is 12.1 Å². The third-order valence-electron chi connectivity index (χ3n) is 2.42. The number of phenols is 1. The van der Waals surface area contributed by atoms with Crippen LogP contribution < -0.4 is 0 Å². The molecule has 0 spiro atoms. The van der Waals surface area contributed by atoms with Gasteiger partial charge in [0.15, 0.2) is 5.65 Å². The molecular formula is C12H8N3O.